The number of aliphatic imine (C=N–C) groups is 1. The van der Waals surface area contributed by atoms with Gasteiger partial charge in [0, 0.05) is 33.8 Å². The normalized spacial score (nSPS) is 14.0. The second-order valence-corrected chi connectivity index (χ2v) is 7.00. The molecular formula is C19H17N3OS. The Hall–Kier alpha value is -2.58. The lowest BCUT2D eigenvalue weighted by molar-refractivity contribution is 0.415. The van der Waals surface area contributed by atoms with Gasteiger partial charge in [0.05, 0.1) is 12.7 Å². The lowest BCUT2D eigenvalue weighted by Gasteiger charge is -2.09. The number of nitriles is 1. The number of thiophene rings is 1. The zero-order valence-electron chi connectivity index (χ0n) is 13.4. The third-order valence-electron chi connectivity index (χ3n) is 4.51. The number of ether oxygens (including phenoxy) is 1. The van der Waals surface area contributed by atoms with Gasteiger partial charge in [0.25, 0.3) is 0 Å². The van der Waals surface area contributed by atoms with Crippen LogP contribution >= 0.6 is 11.3 Å². The Morgan fingerprint density at radius 1 is 1.33 bits per heavy atom. The zero-order chi connectivity index (χ0) is 16.5. The molecule has 0 bridgehead atoms. The summed E-state index contributed by atoms with van der Waals surface area (Å²) in [6.45, 7) is 0. The summed E-state index contributed by atoms with van der Waals surface area (Å²) in [5.74, 6) is 0.820. The quantitative estimate of drug-likeness (QED) is 0.703. The number of benzene rings is 1. The van der Waals surface area contributed by atoms with Crippen LogP contribution in [0.5, 0.6) is 5.75 Å². The fourth-order valence-electron chi connectivity index (χ4n) is 3.24. The van der Waals surface area contributed by atoms with Crippen molar-refractivity contribution in [3.63, 3.8) is 0 Å². The number of nitrogens with one attached hydrogen (secondary N) is 1. The number of hydrogen-bond acceptors (Lipinski definition) is 4. The molecule has 5 heteroatoms. The van der Waals surface area contributed by atoms with Gasteiger partial charge in [-0.1, -0.05) is 0 Å². The van der Waals surface area contributed by atoms with Crippen LogP contribution in [0.25, 0.3) is 10.9 Å². The van der Waals surface area contributed by atoms with Gasteiger partial charge in [-0.05, 0) is 49.4 Å². The van der Waals surface area contributed by atoms with Crippen LogP contribution in [0.4, 0.5) is 5.00 Å². The Labute approximate surface area is 144 Å². The fraction of sp³-hybridized carbons (Fsp3) is 0.263. The first-order chi connectivity index (χ1) is 11.8. The van der Waals surface area contributed by atoms with Crippen molar-refractivity contribution >= 4 is 33.5 Å². The van der Waals surface area contributed by atoms with Crippen molar-refractivity contribution in [3.8, 4) is 11.8 Å². The predicted octanol–water partition coefficient (Wildman–Crippen LogP) is 4.74. The van der Waals surface area contributed by atoms with Crippen molar-refractivity contribution in [2.45, 2.75) is 25.7 Å². The number of nitrogens with zero attached hydrogens (tertiary/aromatic N) is 2. The molecule has 0 radical (unpaired) electrons. The predicted molar refractivity (Wildman–Crippen MR) is 97.8 cm³/mol. The maximum atomic E-state index is 9.52. The number of methoxy groups -OCH3 is 1. The standard InChI is InChI=1S/C19H17N3OS/c1-23-13-6-7-17-15(8-13)12(10-21-17)11-22-19-16(9-20)14-4-2-3-5-18(14)24-19/h6-8,10-11,21H,2-5H2,1H3/b22-11+. The van der Waals surface area contributed by atoms with E-state index in [1.165, 1.54) is 23.3 Å². The number of fused-ring (bicyclic) bond motifs is 2. The SMILES string of the molecule is COc1ccc2[nH]cc(/C=N/c3sc4c(c3C#N)CCCC4)c2c1. The van der Waals surface area contributed by atoms with Crippen LogP contribution in [0.3, 0.4) is 0 Å². The second kappa shape index (κ2) is 6.14. The summed E-state index contributed by atoms with van der Waals surface area (Å²) in [4.78, 5) is 9.22. The topological polar surface area (TPSA) is 61.2 Å². The van der Waals surface area contributed by atoms with E-state index in [2.05, 4.69) is 16.0 Å². The summed E-state index contributed by atoms with van der Waals surface area (Å²) in [7, 11) is 1.66. The minimum absolute atomic E-state index is 0.767. The zero-order valence-corrected chi connectivity index (χ0v) is 14.2. The van der Waals surface area contributed by atoms with Gasteiger partial charge < -0.3 is 9.72 Å². The molecule has 2 heterocycles. The largest absolute Gasteiger partial charge is 0.497 e. The number of aromatic amines is 1. The molecule has 1 N–H and O–H groups in total. The third-order valence-corrected chi connectivity index (χ3v) is 5.71. The lowest BCUT2D eigenvalue weighted by Crippen LogP contribution is -1.99. The third kappa shape index (κ3) is 2.49. The van der Waals surface area contributed by atoms with E-state index in [4.69, 9.17) is 4.74 Å². The van der Waals surface area contributed by atoms with Crippen molar-refractivity contribution < 1.29 is 4.74 Å². The van der Waals surface area contributed by atoms with E-state index in [1.807, 2.05) is 30.6 Å². The lowest BCUT2D eigenvalue weighted by atomic mass is 9.96. The van der Waals surface area contributed by atoms with Crippen LogP contribution in [-0.2, 0) is 12.8 Å². The van der Waals surface area contributed by atoms with Gasteiger partial charge >= 0.3 is 0 Å². The van der Waals surface area contributed by atoms with E-state index in [9.17, 15) is 5.26 Å². The Morgan fingerprint density at radius 2 is 2.21 bits per heavy atom. The summed E-state index contributed by atoms with van der Waals surface area (Å²) in [5.41, 5.74) is 4.03. The van der Waals surface area contributed by atoms with Crippen molar-refractivity contribution in [1.82, 2.24) is 4.98 Å². The Balaban J connectivity index is 1.73. The van der Waals surface area contributed by atoms with Crippen molar-refractivity contribution in [3.05, 3.63) is 46.0 Å². The molecule has 1 aliphatic rings. The van der Waals surface area contributed by atoms with Crippen molar-refractivity contribution in [2.24, 2.45) is 4.99 Å². The molecule has 4 rings (SSSR count). The van der Waals surface area contributed by atoms with Crippen molar-refractivity contribution in [1.29, 1.82) is 5.26 Å². The van der Waals surface area contributed by atoms with Crippen LogP contribution in [0.1, 0.15) is 34.4 Å². The maximum Gasteiger partial charge on any atom is 0.134 e. The van der Waals surface area contributed by atoms with E-state index >= 15 is 0 Å². The van der Waals surface area contributed by atoms with Gasteiger partial charge in [-0.15, -0.1) is 11.3 Å². The van der Waals surface area contributed by atoms with Crippen LogP contribution < -0.4 is 4.74 Å². The van der Waals surface area contributed by atoms with Crippen molar-refractivity contribution in [2.75, 3.05) is 7.11 Å². The molecule has 0 atom stereocenters. The van der Waals surface area contributed by atoms with Crippen LogP contribution in [0, 0.1) is 11.3 Å². The molecule has 0 spiro atoms. The molecule has 0 saturated carbocycles. The molecule has 0 fully saturated rings. The van der Waals surface area contributed by atoms with E-state index in [0.29, 0.717) is 0 Å². The molecule has 3 aromatic rings. The first kappa shape index (κ1) is 15.0. The highest BCUT2D eigenvalue weighted by Gasteiger charge is 2.20. The van der Waals surface area contributed by atoms with Gasteiger partial charge in [-0.2, -0.15) is 5.26 Å². The number of hydrogen-bond donors (Lipinski definition) is 1. The van der Waals surface area contributed by atoms with E-state index in [1.54, 1.807) is 18.4 Å². The van der Waals surface area contributed by atoms with Gasteiger partial charge in [-0.3, -0.25) is 0 Å². The molecule has 4 nitrogen and oxygen atoms in total. The van der Waals surface area contributed by atoms with E-state index in [-0.39, 0.29) is 0 Å². The Morgan fingerprint density at radius 3 is 3.04 bits per heavy atom. The van der Waals surface area contributed by atoms with Gasteiger partial charge in [0.2, 0.25) is 0 Å². The van der Waals surface area contributed by atoms with Gasteiger partial charge in [-0.25, -0.2) is 4.99 Å². The number of aromatic nitrogens is 1. The molecule has 0 amide bonds. The minimum atomic E-state index is 0.767. The monoisotopic (exact) mass is 335 g/mol. The minimum Gasteiger partial charge on any atom is -0.497 e. The molecule has 0 unspecified atom stereocenters. The molecule has 2 aromatic heterocycles. The summed E-state index contributed by atoms with van der Waals surface area (Å²) in [5, 5.41) is 11.4. The Kier molecular flexibility index (Phi) is 3.83. The van der Waals surface area contributed by atoms with Gasteiger partial charge in [0.1, 0.15) is 16.8 Å². The molecule has 120 valence electrons. The second-order valence-electron chi connectivity index (χ2n) is 5.92. The van der Waals surface area contributed by atoms with Gasteiger partial charge in [0.15, 0.2) is 0 Å². The highest BCUT2D eigenvalue weighted by molar-refractivity contribution is 7.16. The molecule has 24 heavy (non-hydrogen) atoms. The highest BCUT2D eigenvalue weighted by Crippen LogP contribution is 2.39. The fourth-order valence-corrected chi connectivity index (χ4v) is 4.42. The van der Waals surface area contributed by atoms with Crippen LogP contribution in [0.2, 0.25) is 0 Å². The Bertz CT molecular complexity index is 975. The van der Waals surface area contributed by atoms with Crippen LogP contribution in [-0.4, -0.2) is 18.3 Å². The average molecular weight is 335 g/mol. The van der Waals surface area contributed by atoms with E-state index in [0.717, 1.165) is 45.6 Å². The molecule has 0 aliphatic heterocycles. The number of aryl methyl sites for hydroxylation is 1. The smallest absolute Gasteiger partial charge is 0.134 e. The summed E-state index contributed by atoms with van der Waals surface area (Å²) in [6, 6.07) is 8.28. The number of H-pyrrole nitrogens is 1. The highest BCUT2D eigenvalue weighted by atomic mass is 32.1. The van der Waals surface area contributed by atoms with Crippen LogP contribution in [0.15, 0.2) is 29.4 Å². The first-order valence-corrected chi connectivity index (χ1v) is 8.85. The summed E-state index contributed by atoms with van der Waals surface area (Å²) < 4.78 is 5.30. The maximum absolute atomic E-state index is 9.52. The summed E-state index contributed by atoms with van der Waals surface area (Å²) in [6.07, 6.45) is 8.25. The molecule has 1 aromatic carbocycles. The molecule has 1 aliphatic carbocycles. The number of rotatable bonds is 3. The van der Waals surface area contributed by atoms with E-state index < -0.39 is 0 Å². The summed E-state index contributed by atoms with van der Waals surface area (Å²) >= 11 is 1.67. The average Bonchev–Trinajstić information content (AvgIpc) is 3.19. The first-order valence-electron chi connectivity index (χ1n) is 8.04. The molecule has 0 saturated heterocycles. The molecular weight excluding hydrogens is 318 g/mol.